The van der Waals surface area contributed by atoms with Gasteiger partial charge in [0.25, 0.3) is 0 Å². The zero-order chi connectivity index (χ0) is 12.8. The normalized spacial score (nSPS) is 9.76. The van der Waals surface area contributed by atoms with Gasteiger partial charge in [0.1, 0.15) is 5.56 Å². The number of methoxy groups -OCH3 is 2. The molecule has 0 saturated carbocycles. The molecule has 1 heterocycles. The summed E-state index contributed by atoms with van der Waals surface area (Å²) in [4.78, 5) is 33.8. The van der Waals surface area contributed by atoms with Gasteiger partial charge < -0.3 is 13.9 Å². The third-order valence-corrected chi connectivity index (χ3v) is 2.11. The Morgan fingerprint density at radius 1 is 1.18 bits per heavy atom. The van der Waals surface area contributed by atoms with Crippen LogP contribution < -0.4 is 0 Å². The maximum Gasteiger partial charge on any atom is 0.341 e. The van der Waals surface area contributed by atoms with E-state index in [1.165, 1.54) is 26.5 Å². The number of Topliss-reactive ketones (excluding diaryl/α,β-unsaturated/α-hetero) is 1. The van der Waals surface area contributed by atoms with Crippen LogP contribution in [-0.2, 0) is 14.3 Å². The first kappa shape index (κ1) is 13.0. The Morgan fingerprint density at radius 2 is 1.88 bits per heavy atom. The fourth-order valence-electron chi connectivity index (χ4n) is 1.23. The third-order valence-electron chi connectivity index (χ3n) is 2.11. The van der Waals surface area contributed by atoms with Crippen LogP contribution in [0.3, 0.4) is 0 Å². The van der Waals surface area contributed by atoms with Crippen molar-refractivity contribution < 1.29 is 28.3 Å². The van der Waals surface area contributed by atoms with Crippen LogP contribution in [0.1, 0.15) is 33.8 Å². The summed E-state index contributed by atoms with van der Waals surface area (Å²) in [5.41, 5.74) is 0.0577. The lowest BCUT2D eigenvalue weighted by atomic mass is 10.1. The molecule has 0 aliphatic heterocycles. The minimum atomic E-state index is -0.653. The molecule has 6 nitrogen and oxygen atoms in total. The highest BCUT2D eigenvalue weighted by Crippen LogP contribution is 2.15. The minimum absolute atomic E-state index is 0.0577. The Bertz CT molecular complexity index is 431. The van der Waals surface area contributed by atoms with Gasteiger partial charge in [0.2, 0.25) is 0 Å². The molecule has 0 radical (unpaired) electrons. The Kier molecular flexibility index (Phi) is 4.45. The number of carbonyl (C=O) groups excluding carboxylic acids is 3. The summed E-state index contributed by atoms with van der Waals surface area (Å²) in [6, 6.07) is 1.34. The van der Waals surface area contributed by atoms with Gasteiger partial charge in [-0.2, -0.15) is 0 Å². The van der Waals surface area contributed by atoms with Gasteiger partial charge in [-0.25, -0.2) is 4.79 Å². The van der Waals surface area contributed by atoms with Gasteiger partial charge in [-0.1, -0.05) is 0 Å². The fourth-order valence-corrected chi connectivity index (χ4v) is 1.23. The summed E-state index contributed by atoms with van der Waals surface area (Å²) in [7, 11) is 2.44. The Balaban J connectivity index is 2.72. The van der Waals surface area contributed by atoms with E-state index in [0.29, 0.717) is 0 Å². The topological polar surface area (TPSA) is 82.8 Å². The first-order valence-electron chi connectivity index (χ1n) is 4.86. The van der Waals surface area contributed by atoms with Crippen LogP contribution in [0.5, 0.6) is 0 Å². The minimum Gasteiger partial charge on any atom is -0.469 e. The van der Waals surface area contributed by atoms with Gasteiger partial charge in [-0.05, 0) is 6.07 Å². The SMILES string of the molecule is COC(=O)CCC(=O)c1occc1C(=O)OC. The van der Waals surface area contributed by atoms with Crippen molar-refractivity contribution in [1.29, 1.82) is 0 Å². The Labute approximate surface area is 97.5 Å². The molecule has 6 heteroatoms. The quantitative estimate of drug-likeness (QED) is 0.568. The van der Waals surface area contributed by atoms with Crippen LogP contribution in [0.25, 0.3) is 0 Å². The van der Waals surface area contributed by atoms with E-state index < -0.39 is 17.7 Å². The van der Waals surface area contributed by atoms with Crippen molar-refractivity contribution in [2.24, 2.45) is 0 Å². The van der Waals surface area contributed by atoms with E-state index in [4.69, 9.17) is 4.42 Å². The van der Waals surface area contributed by atoms with E-state index in [0.717, 1.165) is 0 Å². The number of hydrogen-bond acceptors (Lipinski definition) is 6. The molecule has 0 aliphatic carbocycles. The van der Waals surface area contributed by atoms with Crippen molar-refractivity contribution in [1.82, 2.24) is 0 Å². The molecule has 0 saturated heterocycles. The van der Waals surface area contributed by atoms with Gasteiger partial charge in [0.15, 0.2) is 11.5 Å². The van der Waals surface area contributed by atoms with Crippen molar-refractivity contribution >= 4 is 17.7 Å². The Hall–Kier alpha value is -2.11. The number of ketones is 1. The average Bonchev–Trinajstić information content (AvgIpc) is 2.83. The summed E-state index contributed by atoms with van der Waals surface area (Å²) in [6.45, 7) is 0. The second kappa shape index (κ2) is 5.83. The van der Waals surface area contributed by atoms with Crippen molar-refractivity contribution in [2.45, 2.75) is 12.8 Å². The number of hydrogen-bond donors (Lipinski definition) is 0. The van der Waals surface area contributed by atoms with Gasteiger partial charge in [-0.15, -0.1) is 0 Å². The fraction of sp³-hybridized carbons (Fsp3) is 0.364. The molecular weight excluding hydrogens is 228 g/mol. The molecule has 0 fully saturated rings. The lowest BCUT2D eigenvalue weighted by Gasteiger charge is -2.00. The molecule has 17 heavy (non-hydrogen) atoms. The zero-order valence-electron chi connectivity index (χ0n) is 9.52. The molecule has 0 spiro atoms. The van der Waals surface area contributed by atoms with Gasteiger partial charge in [0, 0.05) is 6.42 Å². The number of ether oxygens (including phenoxy) is 2. The second-order valence-corrected chi connectivity index (χ2v) is 3.15. The maximum atomic E-state index is 11.7. The maximum absolute atomic E-state index is 11.7. The van der Waals surface area contributed by atoms with Crippen LogP contribution in [0.2, 0.25) is 0 Å². The number of furan rings is 1. The van der Waals surface area contributed by atoms with Crippen LogP contribution in [-0.4, -0.2) is 31.9 Å². The predicted molar refractivity (Wildman–Crippen MR) is 55.6 cm³/mol. The van der Waals surface area contributed by atoms with E-state index >= 15 is 0 Å². The van der Waals surface area contributed by atoms with E-state index in [1.54, 1.807) is 0 Å². The third kappa shape index (κ3) is 3.17. The highest BCUT2D eigenvalue weighted by Gasteiger charge is 2.21. The second-order valence-electron chi connectivity index (χ2n) is 3.15. The average molecular weight is 240 g/mol. The molecule has 1 rings (SSSR count). The van der Waals surface area contributed by atoms with Gasteiger partial charge >= 0.3 is 11.9 Å². The van der Waals surface area contributed by atoms with Crippen LogP contribution in [0, 0.1) is 0 Å². The lowest BCUT2D eigenvalue weighted by Crippen LogP contribution is -2.10. The molecule has 0 aromatic carbocycles. The standard InChI is InChI=1S/C11H12O6/c1-15-9(13)4-3-8(12)10-7(5-6-17-10)11(14)16-2/h5-6H,3-4H2,1-2H3. The molecule has 0 N–H and O–H groups in total. The summed E-state index contributed by atoms with van der Waals surface area (Å²) in [5.74, 6) is -1.69. The van der Waals surface area contributed by atoms with Crippen molar-refractivity contribution in [3.8, 4) is 0 Å². The van der Waals surface area contributed by atoms with E-state index in [2.05, 4.69) is 9.47 Å². The van der Waals surface area contributed by atoms with Gasteiger partial charge in [-0.3, -0.25) is 9.59 Å². The van der Waals surface area contributed by atoms with E-state index in [9.17, 15) is 14.4 Å². The van der Waals surface area contributed by atoms with Crippen LogP contribution >= 0.6 is 0 Å². The first-order chi connectivity index (χ1) is 8.10. The summed E-state index contributed by atoms with van der Waals surface area (Å²) >= 11 is 0. The van der Waals surface area contributed by atoms with E-state index in [1.807, 2.05) is 0 Å². The van der Waals surface area contributed by atoms with Gasteiger partial charge in [0.05, 0.1) is 26.9 Å². The number of rotatable bonds is 5. The molecule has 0 unspecified atom stereocenters. The molecule has 0 bridgehead atoms. The molecule has 1 aromatic heterocycles. The number of esters is 2. The molecule has 0 amide bonds. The van der Waals surface area contributed by atoms with Crippen molar-refractivity contribution in [2.75, 3.05) is 14.2 Å². The summed E-state index contributed by atoms with van der Waals surface area (Å²) in [6.07, 6.45) is 1.08. The van der Waals surface area contributed by atoms with Crippen molar-refractivity contribution in [3.63, 3.8) is 0 Å². The molecule has 0 atom stereocenters. The molecule has 0 aliphatic rings. The highest BCUT2D eigenvalue weighted by atomic mass is 16.5. The first-order valence-corrected chi connectivity index (χ1v) is 4.86. The van der Waals surface area contributed by atoms with E-state index in [-0.39, 0.29) is 24.2 Å². The molecular formula is C11H12O6. The smallest absolute Gasteiger partial charge is 0.341 e. The zero-order valence-corrected chi connectivity index (χ0v) is 9.52. The molecule has 92 valence electrons. The lowest BCUT2D eigenvalue weighted by molar-refractivity contribution is -0.140. The largest absolute Gasteiger partial charge is 0.469 e. The van der Waals surface area contributed by atoms with Crippen LogP contribution in [0.4, 0.5) is 0 Å². The van der Waals surface area contributed by atoms with Crippen molar-refractivity contribution in [3.05, 3.63) is 23.7 Å². The predicted octanol–water partition coefficient (Wildman–Crippen LogP) is 1.20. The summed E-state index contributed by atoms with van der Waals surface area (Å²) in [5, 5.41) is 0. The van der Waals surface area contributed by atoms with Crippen LogP contribution in [0.15, 0.2) is 16.7 Å². The molecule has 1 aromatic rings. The monoisotopic (exact) mass is 240 g/mol. The highest BCUT2D eigenvalue weighted by molar-refractivity contribution is 6.04. The summed E-state index contributed by atoms with van der Waals surface area (Å²) < 4.78 is 13.8. The number of carbonyl (C=O) groups is 3. The Morgan fingerprint density at radius 3 is 2.47 bits per heavy atom.